The van der Waals surface area contributed by atoms with Gasteiger partial charge in [0.25, 0.3) is 0 Å². The van der Waals surface area contributed by atoms with Crippen molar-refractivity contribution >= 4 is 5.97 Å². The Bertz CT molecular complexity index is 666. The molecule has 1 N–H and O–H groups in total. The molecule has 0 spiro atoms. The third kappa shape index (κ3) is 3.14. The molecule has 0 aromatic carbocycles. The molecular weight excluding hydrogens is 284 g/mol. The van der Waals surface area contributed by atoms with Crippen LogP contribution in [-0.4, -0.2) is 38.1 Å². The summed E-state index contributed by atoms with van der Waals surface area (Å²) >= 11 is 0. The van der Waals surface area contributed by atoms with E-state index in [2.05, 4.69) is 15.1 Å². The first-order valence-electron chi connectivity index (χ1n) is 7.31. The summed E-state index contributed by atoms with van der Waals surface area (Å²) in [5.41, 5.74) is 0.748. The Kier molecular flexibility index (Phi) is 4.15. The van der Waals surface area contributed by atoms with Gasteiger partial charge in [-0.15, -0.1) is 0 Å². The zero-order chi connectivity index (χ0) is 15.5. The number of aromatic carboxylic acids is 1. The van der Waals surface area contributed by atoms with Gasteiger partial charge >= 0.3 is 5.97 Å². The van der Waals surface area contributed by atoms with Gasteiger partial charge in [-0.25, -0.2) is 4.79 Å². The zero-order valence-corrected chi connectivity index (χ0v) is 12.4. The quantitative estimate of drug-likeness (QED) is 0.873. The summed E-state index contributed by atoms with van der Waals surface area (Å²) < 4.78 is 5.28. The van der Waals surface area contributed by atoms with Crippen molar-refractivity contribution in [1.29, 1.82) is 0 Å². The smallest absolute Gasteiger partial charge is 0.337 e. The molecule has 0 atom stereocenters. The topological polar surface area (TPSA) is 92.4 Å². The van der Waals surface area contributed by atoms with Gasteiger partial charge in [0.05, 0.1) is 17.8 Å². The van der Waals surface area contributed by atoms with Gasteiger partial charge in [0.2, 0.25) is 5.89 Å². The largest absolute Gasteiger partial charge is 0.478 e. The maximum Gasteiger partial charge on any atom is 0.337 e. The standard InChI is InChI=1S/C15H18N4O3/c1-19(8-12-11(15(20)21)6-3-7-16-12)9-13-17-14(22-18-13)10-4-2-5-10/h3,6-7,10H,2,4-5,8-9H2,1H3,(H,20,21). The van der Waals surface area contributed by atoms with E-state index in [1.165, 1.54) is 6.42 Å². The maximum absolute atomic E-state index is 11.2. The normalized spacial score (nSPS) is 15.0. The van der Waals surface area contributed by atoms with Crippen LogP contribution in [0.5, 0.6) is 0 Å². The number of carbonyl (C=O) groups is 1. The Morgan fingerprint density at radius 1 is 1.45 bits per heavy atom. The summed E-state index contributed by atoms with van der Waals surface area (Å²) in [7, 11) is 1.87. The lowest BCUT2D eigenvalue weighted by molar-refractivity contribution is 0.0694. The molecule has 0 saturated heterocycles. The van der Waals surface area contributed by atoms with Crippen molar-refractivity contribution in [2.45, 2.75) is 38.3 Å². The molecule has 1 aliphatic rings. The average molecular weight is 302 g/mol. The van der Waals surface area contributed by atoms with Crippen LogP contribution in [0, 0.1) is 0 Å². The van der Waals surface area contributed by atoms with Gasteiger partial charge in [-0.3, -0.25) is 9.88 Å². The number of aromatic nitrogens is 3. The van der Waals surface area contributed by atoms with E-state index in [1.807, 2.05) is 11.9 Å². The monoisotopic (exact) mass is 302 g/mol. The minimum atomic E-state index is -0.969. The van der Waals surface area contributed by atoms with Crippen LogP contribution in [0.25, 0.3) is 0 Å². The molecule has 7 heteroatoms. The van der Waals surface area contributed by atoms with Gasteiger partial charge in [0.1, 0.15) is 0 Å². The summed E-state index contributed by atoms with van der Waals surface area (Å²) in [4.78, 5) is 21.7. The van der Waals surface area contributed by atoms with E-state index in [4.69, 9.17) is 9.63 Å². The SMILES string of the molecule is CN(Cc1noc(C2CCC2)n1)Cc1ncccc1C(=O)O. The fourth-order valence-corrected chi connectivity index (χ4v) is 2.46. The Hall–Kier alpha value is -2.28. The van der Waals surface area contributed by atoms with Crippen LogP contribution < -0.4 is 0 Å². The van der Waals surface area contributed by atoms with Crippen molar-refractivity contribution in [3.05, 3.63) is 41.3 Å². The molecule has 3 rings (SSSR count). The lowest BCUT2D eigenvalue weighted by Gasteiger charge is -2.20. The van der Waals surface area contributed by atoms with E-state index in [0.29, 0.717) is 30.5 Å². The van der Waals surface area contributed by atoms with E-state index in [-0.39, 0.29) is 5.56 Å². The first kappa shape index (κ1) is 14.6. The third-order valence-electron chi connectivity index (χ3n) is 3.89. The van der Waals surface area contributed by atoms with Crippen molar-refractivity contribution in [2.24, 2.45) is 0 Å². The summed E-state index contributed by atoms with van der Waals surface area (Å²) in [5.74, 6) is 0.792. The Morgan fingerprint density at radius 2 is 2.27 bits per heavy atom. The molecule has 0 radical (unpaired) electrons. The van der Waals surface area contributed by atoms with E-state index in [9.17, 15) is 4.79 Å². The molecule has 2 aromatic heterocycles. The van der Waals surface area contributed by atoms with Crippen molar-refractivity contribution in [1.82, 2.24) is 20.0 Å². The van der Waals surface area contributed by atoms with E-state index in [0.717, 1.165) is 18.7 Å². The van der Waals surface area contributed by atoms with Gasteiger partial charge < -0.3 is 9.63 Å². The van der Waals surface area contributed by atoms with Crippen LogP contribution >= 0.6 is 0 Å². The second-order valence-electron chi connectivity index (χ2n) is 5.65. The number of carboxylic acid groups (broad SMARTS) is 1. The highest BCUT2D eigenvalue weighted by Gasteiger charge is 2.25. The first-order chi connectivity index (χ1) is 10.6. The number of hydrogen-bond donors (Lipinski definition) is 1. The first-order valence-corrected chi connectivity index (χ1v) is 7.31. The molecule has 0 aliphatic heterocycles. The highest BCUT2D eigenvalue weighted by Crippen LogP contribution is 2.35. The molecular formula is C15H18N4O3. The summed E-state index contributed by atoms with van der Waals surface area (Å²) in [5, 5.41) is 13.2. The van der Waals surface area contributed by atoms with Crippen LogP contribution in [0.2, 0.25) is 0 Å². The predicted molar refractivity (Wildman–Crippen MR) is 77.3 cm³/mol. The molecule has 2 heterocycles. The molecule has 22 heavy (non-hydrogen) atoms. The van der Waals surface area contributed by atoms with Gasteiger partial charge in [0.15, 0.2) is 5.82 Å². The van der Waals surface area contributed by atoms with Crippen LogP contribution in [0.1, 0.15) is 52.9 Å². The summed E-state index contributed by atoms with van der Waals surface area (Å²) in [6, 6.07) is 3.18. The van der Waals surface area contributed by atoms with Crippen molar-refractivity contribution in [3.8, 4) is 0 Å². The minimum absolute atomic E-state index is 0.220. The number of nitrogens with zero attached hydrogens (tertiary/aromatic N) is 4. The van der Waals surface area contributed by atoms with Gasteiger partial charge in [-0.1, -0.05) is 11.6 Å². The highest BCUT2D eigenvalue weighted by atomic mass is 16.5. The van der Waals surface area contributed by atoms with Gasteiger partial charge in [-0.2, -0.15) is 4.98 Å². The van der Waals surface area contributed by atoms with Crippen LogP contribution in [0.4, 0.5) is 0 Å². The van der Waals surface area contributed by atoms with Crippen molar-refractivity contribution in [2.75, 3.05) is 7.05 Å². The second-order valence-corrected chi connectivity index (χ2v) is 5.65. The van der Waals surface area contributed by atoms with E-state index >= 15 is 0 Å². The molecule has 2 aromatic rings. The van der Waals surface area contributed by atoms with Crippen LogP contribution in [0.15, 0.2) is 22.9 Å². The summed E-state index contributed by atoms with van der Waals surface area (Å²) in [6.45, 7) is 0.904. The number of rotatable bonds is 6. The fraction of sp³-hybridized carbons (Fsp3) is 0.467. The maximum atomic E-state index is 11.2. The molecule has 7 nitrogen and oxygen atoms in total. The molecule has 0 unspecified atom stereocenters. The Morgan fingerprint density at radius 3 is 2.95 bits per heavy atom. The molecule has 1 aliphatic carbocycles. The molecule has 1 fully saturated rings. The van der Waals surface area contributed by atoms with Crippen LogP contribution in [0.3, 0.4) is 0 Å². The Balaban J connectivity index is 1.63. The predicted octanol–water partition coefficient (Wildman–Crippen LogP) is 2.06. The molecule has 116 valence electrons. The summed E-state index contributed by atoms with van der Waals surface area (Å²) in [6.07, 6.45) is 5.05. The van der Waals surface area contributed by atoms with E-state index < -0.39 is 5.97 Å². The number of hydrogen-bond acceptors (Lipinski definition) is 6. The highest BCUT2D eigenvalue weighted by molar-refractivity contribution is 5.88. The van der Waals surface area contributed by atoms with Crippen molar-refractivity contribution < 1.29 is 14.4 Å². The Labute approximate surface area is 128 Å². The molecule has 0 amide bonds. The molecule has 1 saturated carbocycles. The number of pyridine rings is 1. The third-order valence-corrected chi connectivity index (χ3v) is 3.89. The number of carboxylic acids is 1. The zero-order valence-electron chi connectivity index (χ0n) is 12.4. The van der Waals surface area contributed by atoms with E-state index in [1.54, 1.807) is 18.3 Å². The lowest BCUT2D eigenvalue weighted by Crippen LogP contribution is -2.21. The fourth-order valence-electron chi connectivity index (χ4n) is 2.46. The molecule has 0 bridgehead atoms. The lowest BCUT2D eigenvalue weighted by atomic mass is 9.85. The average Bonchev–Trinajstić information content (AvgIpc) is 2.85. The minimum Gasteiger partial charge on any atom is -0.478 e. The van der Waals surface area contributed by atoms with Gasteiger partial charge in [-0.05, 0) is 32.0 Å². The van der Waals surface area contributed by atoms with Gasteiger partial charge in [0, 0.05) is 18.7 Å². The van der Waals surface area contributed by atoms with Crippen molar-refractivity contribution in [3.63, 3.8) is 0 Å². The second kappa shape index (κ2) is 6.23. The van der Waals surface area contributed by atoms with Crippen LogP contribution in [-0.2, 0) is 13.1 Å².